The van der Waals surface area contributed by atoms with E-state index in [2.05, 4.69) is 48.5 Å². The Morgan fingerprint density at radius 1 is 1.24 bits per heavy atom. The molecule has 2 heteroatoms. The van der Waals surface area contributed by atoms with E-state index in [-0.39, 0.29) is 0 Å². The molecule has 1 aromatic rings. The second-order valence-electron chi connectivity index (χ2n) is 5.16. The predicted octanol–water partition coefficient (Wildman–Crippen LogP) is 2.78. The minimum absolute atomic E-state index is 0.788. The monoisotopic (exact) mass is 232 g/mol. The van der Waals surface area contributed by atoms with Crippen LogP contribution in [0.25, 0.3) is 0 Å². The third kappa shape index (κ3) is 4.14. The SMILES string of the molecule is CCCN(C)Cc1ccccc1CNC1CC1. The molecule has 0 aliphatic heterocycles. The Morgan fingerprint density at radius 3 is 2.59 bits per heavy atom. The van der Waals surface area contributed by atoms with Gasteiger partial charge < -0.3 is 10.2 Å². The molecule has 94 valence electrons. The van der Waals surface area contributed by atoms with E-state index in [1.54, 1.807) is 0 Å². The molecule has 1 fully saturated rings. The Morgan fingerprint density at radius 2 is 1.94 bits per heavy atom. The van der Waals surface area contributed by atoms with Crippen molar-refractivity contribution >= 4 is 0 Å². The molecule has 2 rings (SSSR count). The van der Waals surface area contributed by atoms with Crippen LogP contribution < -0.4 is 5.32 Å². The average Bonchev–Trinajstić information content (AvgIpc) is 3.12. The Labute approximate surface area is 105 Å². The van der Waals surface area contributed by atoms with E-state index in [0.29, 0.717) is 0 Å². The number of nitrogens with zero attached hydrogens (tertiary/aromatic N) is 1. The molecule has 0 atom stereocenters. The van der Waals surface area contributed by atoms with E-state index in [1.807, 2.05) is 0 Å². The van der Waals surface area contributed by atoms with Crippen molar-refractivity contribution in [3.63, 3.8) is 0 Å². The van der Waals surface area contributed by atoms with Crippen molar-refractivity contribution in [2.24, 2.45) is 0 Å². The first kappa shape index (κ1) is 12.6. The maximum Gasteiger partial charge on any atom is 0.0233 e. The first-order chi connectivity index (χ1) is 8.29. The number of rotatable bonds is 7. The van der Waals surface area contributed by atoms with Crippen molar-refractivity contribution in [1.82, 2.24) is 10.2 Å². The Hall–Kier alpha value is -0.860. The molecule has 0 heterocycles. The van der Waals surface area contributed by atoms with Crippen LogP contribution in [-0.2, 0) is 13.1 Å². The van der Waals surface area contributed by atoms with Crippen molar-refractivity contribution < 1.29 is 0 Å². The summed E-state index contributed by atoms with van der Waals surface area (Å²) in [5.41, 5.74) is 2.93. The zero-order chi connectivity index (χ0) is 12.1. The van der Waals surface area contributed by atoms with E-state index in [9.17, 15) is 0 Å². The summed E-state index contributed by atoms with van der Waals surface area (Å²) in [5, 5.41) is 3.60. The van der Waals surface area contributed by atoms with E-state index in [4.69, 9.17) is 0 Å². The first-order valence-electron chi connectivity index (χ1n) is 6.78. The topological polar surface area (TPSA) is 15.3 Å². The molecule has 0 radical (unpaired) electrons. The van der Waals surface area contributed by atoms with Gasteiger partial charge in [0.15, 0.2) is 0 Å². The average molecular weight is 232 g/mol. The minimum atomic E-state index is 0.788. The number of nitrogens with one attached hydrogen (secondary N) is 1. The minimum Gasteiger partial charge on any atom is -0.310 e. The van der Waals surface area contributed by atoms with Crippen LogP contribution in [0, 0.1) is 0 Å². The quantitative estimate of drug-likeness (QED) is 0.777. The van der Waals surface area contributed by atoms with E-state index in [1.165, 1.54) is 36.9 Å². The highest BCUT2D eigenvalue weighted by Gasteiger charge is 2.20. The molecule has 0 saturated heterocycles. The molecule has 1 saturated carbocycles. The maximum atomic E-state index is 3.60. The lowest BCUT2D eigenvalue weighted by molar-refractivity contribution is 0.326. The lowest BCUT2D eigenvalue weighted by Gasteiger charge is -2.18. The molecule has 0 unspecified atom stereocenters. The lowest BCUT2D eigenvalue weighted by atomic mass is 10.1. The van der Waals surface area contributed by atoms with Gasteiger partial charge in [0.25, 0.3) is 0 Å². The molecule has 1 aliphatic carbocycles. The van der Waals surface area contributed by atoms with Gasteiger partial charge in [-0.25, -0.2) is 0 Å². The van der Waals surface area contributed by atoms with Crippen LogP contribution in [0.5, 0.6) is 0 Å². The summed E-state index contributed by atoms with van der Waals surface area (Å²) in [6, 6.07) is 9.60. The smallest absolute Gasteiger partial charge is 0.0233 e. The zero-order valence-electron chi connectivity index (χ0n) is 11.1. The van der Waals surface area contributed by atoms with Crippen LogP contribution in [0.15, 0.2) is 24.3 Å². The Balaban J connectivity index is 1.93. The summed E-state index contributed by atoms with van der Waals surface area (Å²) >= 11 is 0. The predicted molar refractivity (Wildman–Crippen MR) is 72.9 cm³/mol. The Kier molecular flexibility index (Phi) is 4.57. The standard InChI is InChI=1S/C15H24N2/c1-3-10-17(2)12-14-7-5-4-6-13(14)11-16-15-8-9-15/h4-7,15-16H,3,8-12H2,1-2H3. The van der Waals surface area contributed by atoms with Crippen LogP contribution in [0.2, 0.25) is 0 Å². The first-order valence-corrected chi connectivity index (χ1v) is 6.78. The van der Waals surface area contributed by atoms with E-state index < -0.39 is 0 Å². The van der Waals surface area contributed by atoms with Crippen molar-refractivity contribution in [1.29, 1.82) is 0 Å². The van der Waals surface area contributed by atoms with Crippen LogP contribution in [-0.4, -0.2) is 24.5 Å². The van der Waals surface area contributed by atoms with Crippen LogP contribution in [0.4, 0.5) is 0 Å². The number of hydrogen-bond donors (Lipinski definition) is 1. The normalized spacial score (nSPS) is 15.5. The van der Waals surface area contributed by atoms with Crippen molar-refractivity contribution in [3.8, 4) is 0 Å². The van der Waals surface area contributed by atoms with Gasteiger partial charge in [-0.1, -0.05) is 31.2 Å². The van der Waals surface area contributed by atoms with Gasteiger partial charge >= 0.3 is 0 Å². The zero-order valence-corrected chi connectivity index (χ0v) is 11.1. The molecule has 1 aliphatic rings. The molecule has 0 amide bonds. The molecule has 0 spiro atoms. The van der Waals surface area contributed by atoms with E-state index >= 15 is 0 Å². The van der Waals surface area contributed by atoms with Gasteiger partial charge in [-0.05, 0) is 44.0 Å². The van der Waals surface area contributed by atoms with Crippen molar-refractivity contribution in [2.75, 3.05) is 13.6 Å². The van der Waals surface area contributed by atoms with Crippen molar-refractivity contribution in [2.45, 2.75) is 45.3 Å². The third-order valence-corrected chi connectivity index (χ3v) is 3.32. The van der Waals surface area contributed by atoms with Crippen LogP contribution in [0.3, 0.4) is 0 Å². The van der Waals surface area contributed by atoms with Crippen molar-refractivity contribution in [3.05, 3.63) is 35.4 Å². The summed E-state index contributed by atoms with van der Waals surface area (Å²) in [5.74, 6) is 0. The summed E-state index contributed by atoms with van der Waals surface area (Å²) in [6.07, 6.45) is 3.94. The third-order valence-electron chi connectivity index (χ3n) is 3.32. The van der Waals surface area contributed by atoms with Gasteiger partial charge in [0.05, 0.1) is 0 Å². The number of hydrogen-bond acceptors (Lipinski definition) is 2. The second kappa shape index (κ2) is 6.18. The summed E-state index contributed by atoms with van der Waals surface area (Å²) in [4.78, 5) is 2.40. The molecule has 2 nitrogen and oxygen atoms in total. The molecule has 0 aromatic heterocycles. The molecule has 0 bridgehead atoms. The van der Waals surface area contributed by atoms with Crippen LogP contribution >= 0.6 is 0 Å². The maximum absolute atomic E-state index is 3.60. The fourth-order valence-electron chi connectivity index (χ4n) is 2.18. The molecule has 17 heavy (non-hydrogen) atoms. The van der Waals surface area contributed by atoms with E-state index in [0.717, 1.165) is 19.1 Å². The number of benzene rings is 1. The van der Waals surface area contributed by atoms with Gasteiger partial charge in [-0.15, -0.1) is 0 Å². The molecular formula is C15H24N2. The highest BCUT2D eigenvalue weighted by atomic mass is 15.1. The molecule has 1 N–H and O–H groups in total. The van der Waals surface area contributed by atoms with Gasteiger partial charge in [0.2, 0.25) is 0 Å². The molecule has 1 aromatic carbocycles. The fourth-order valence-corrected chi connectivity index (χ4v) is 2.18. The fraction of sp³-hybridized carbons (Fsp3) is 0.600. The lowest BCUT2D eigenvalue weighted by Crippen LogP contribution is -2.21. The highest BCUT2D eigenvalue weighted by Crippen LogP contribution is 2.20. The Bertz CT molecular complexity index is 345. The van der Waals surface area contributed by atoms with Gasteiger partial charge in [-0.3, -0.25) is 0 Å². The largest absolute Gasteiger partial charge is 0.310 e. The van der Waals surface area contributed by atoms with Crippen LogP contribution in [0.1, 0.15) is 37.3 Å². The van der Waals surface area contributed by atoms with Gasteiger partial charge in [0.1, 0.15) is 0 Å². The van der Waals surface area contributed by atoms with Gasteiger partial charge in [0, 0.05) is 19.1 Å². The second-order valence-corrected chi connectivity index (χ2v) is 5.16. The summed E-state index contributed by atoms with van der Waals surface area (Å²) in [7, 11) is 2.20. The highest BCUT2D eigenvalue weighted by molar-refractivity contribution is 5.27. The summed E-state index contributed by atoms with van der Waals surface area (Å²) < 4.78 is 0. The molecular weight excluding hydrogens is 208 g/mol. The van der Waals surface area contributed by atoms with Gasteiger partial charge in [-0.2, -0.15) is 0 Å². The summed E-state index contributed by atoms with van der Waals surface area (Å²) in [6.45, 7) is 5.50.